The zero-order chi connectivity index (χ0) is 14.1. The SMILES string of the molecule is CC(C)CN1CCN(c2nc3c(s2)C(=O)CCC3)CC1. The summed E-state index contributed by atoms with van der Waals surface area (Å²) in [6, 6.07) is 0. The first kappa shape index (κ1) is 14.0. The molecule has 5 heteroatoms. The Bertz CT molecular complexity index is 489. The quantitative estimate of drug-likeness (QED) is 0.857. The largest absolute Gasteiger partial charge is 0.346 e. The molecular formula is C15H23N3OS. The van der Waals surface area contributed by atoms with E-state index in [2.05, 4.69) is 23.6 Å². The monoisotopic (exact) mass is 293 g/mol. The van der Waals surface area contributed by atoms with Crippen molar-refractivity contribution < 1.29 is 4.79 Å². The van der Waals surface area contributed by atoms with E-state index in [0.29, 0.717) is 12.2 Å². The summed E-state index contributed by atoms with van der Waals surface area (Å²) in [4.78, 5) is 22.4. The van der Waals surface area contributed by atoms with E-state index in [9.17, 15) is 4.79 Å². The summed E-state index contributed by atoms with van der Waals surface area (Å²) >= 11 is 1.61. The van der Waals surface area contributed by atoms with E-state index in [1.807, 2.05) is 0 Å². The molecule has 0 atom stereocenters. The van der Waals surface area contributed by atoms with Crippen molar-refractivity contribution in [2.75, 3.05) is 37.6 Å². The summed E-state index contributed by atoms with van der Waals surface area (Å²) in [6.45, 7) is 10.0. The predicted molar refractivity (Wildman–Crippen MR) is 82.9 cm³/mol. The van der Waals surface area contributed by atoms with Gasteiger partial charge >= 0.3 is 0 Å². The lowest BCUT2D eigenvalue weighted by Gasteiger charge is -2.35. The van der Waals surface area contributed by atoms with Crippen LogP contribution >= 0.6 is 11.3 Å². The summed E-state index contributed by atoms with van der Waals surface area (Å²) in [5, 5.41) is 1.06. The number of hydrogen-bond donors (Lipinski definition) is 0. The van der Waals surface area contributed by atoms with Crippen molar-refractivity contribution in [1.29, 1.82) is 0 Å². The van der Waals surface area contributed by atoms with Crippen molar-refractivity contribution in [3.8, 4) is 0 Å². The molecule has 0 amide bonds. The molecule has 0 aromatic carbocycles. The minimum atomic E-state index is 0.299. The fourth-order valence-electron chi connectivity index (χ4n) is 3.03. The topological polar surface area (TPSA) is 36.4 Å². The molecule has 1 aliphatic carbocycles. The van der Waals surface area contributed by atoms with E-state index in [0.717, 1.165) is 60.6 Å². The van der Waals surface area contributed by atoms with Crippen LogP contribution in [0, 0.1) is 5.92 Å². The molecule has 4 nitrogen and oxygen atoms in total. The van der Waals surface area contributed by atoms with Gasteiger partial charge in [0.15, 0.2) is 10.9 Å². The van der Waals surface area contributed by atoms with Gasteiger partial charge in [-0.05, 0) is 18.8 Å². The number of rotatable bonds is 3. The molecule has 1 aromatic rings. The number of Topliss-reactive ketones (excluding diaryl/α,β-unsaturated/α-hetero) is 1. The van der Waals surface area contributed by atoms with E-state index in [1.54, 1.807) is 11.3 Å². The van der Waals surface area contributed by atoms with Crippen molar-refractivity contribution in [3.63, 3.8) is 0 Å². The average molecular weight is 293 g/mol. The first-order valence-corrected chi connectivity index (χ1v) is 8.45. The van der Waals surface area contributed by atoms with Crippen LogP contribution in [0.25, 0.3) is 0 Å². The number of aromatic nitrogens is 1. The molecule has 2 aliphatic rings. The maximum Gasteiger partial charge on any atom is 0.186 e. The highest BCUT2D eigenvalue weighted by Crippen LogP contribution is 2.32. The van der Waals surface area contributed by atoms with E-state index in [-0.39, 0.29) is 0 Å². The summed E-state index contributed by atoms with van der Waals surface area (Å²) in [5.74, 6) is 1.03. The van der Waals surface area contributed by atoms with Crippen LogP contribution in [0.2, 0.25) is 0 Å². The van der Waals surface area contributed by atoms with Gasteiger partial charge in [0, 0.05) is 39.1 Å². The molecule has 20 heavy (non-hydrogen) atoms. The molecule has 1 aromatic heterocycles. The lowest BCUT2D eigenvalue weighted by Crippen LogP contribution is -2.47. The van der Waals surface area contributed by atoms with E-state index in [4.69, 9.17) is 4.98 Å². The molecule has 0 bridgehead atoms. The number of ketones is 1. The molecule has 0 unspecified atom stereocenters. The Morgan fingerprint density at radius 3 is 2.60 bits per heavy atom. The van der Waals surface area contributed by atoms with Crippen LogP contribution in [-0.4, -0.2) is 48.4 Å². The average Bonchev–Trinajstić information content (AvgIpc) is 2.84. The van der Waals surface area contributed by atoms with Gasteiger partial charge in [-0.15, -0.1) is 0 Å². The number of hydrogen-bond acceptors (Lipinski definition) is 5. The third kappa shape index (κ3) is 2.88. The second kappa shape index (κ2) is 5.82. The molecule has 1 fully saturated rings. The van der Waals surface area contributed by atoms with E-state index >= 15 is 0 Å². The van der Waals surface area contributed by atoms with Crippen molar-refractivity contribution in [2.24, 2.45) is 5.92 Å². The Hall–Kier alpha value is -0.940. The maximum atomic E-state index is 11.9. The van der Waals surface area contributed by atoms with Crippen LogP contribution in [0.4, 0.5) is 5.13 Å². The van der Waals surface area contributed by atoms with Gasteiger partial charge in [0.05, 0.1) is 10.6 Å². The van der Waals surface area contributed by atoms with E-state index in [1.165, 1.54) is 6.54 Å². The minimum Gasteiger partial charge on any atom is -0.346 e. The molecule has 2 heterocycles. The lowest BCUT2D eigenvalue weighted by molar-refractivity contribution is 0.0976. The second-order valence-corrected chi connectivity index (χ2v) is 7.21. The highest BCUT2D eigenvalue weighted by Gasteiger charge is 2.26. The Labute approximate surface area is 124 Å². The van der Waals surface area contributed by atoms with Gasteiger partial charge in [-0.2, -0.15) is 0 Å². The Morgan fingerprint density at radius 2 is 1.95 bits per heavy atom. The number of thiazole rings is 1. The molecule has 0 saturated carbocycles. The number of fused-ring (bicyclic) bond motifs is 1. The minimum absolute atomic E-state index is 0.299. The number of nitrogens with zero attached hydrogens (tertiary/aromatic N) is 3. The lowest BCUT2D eigenvalue weighted by atomic mass is 10.0. The maximum absolute atomic E-state index is 11.9. The van der Waals surface area contributed by atoms with Gasteiger partial charge in [-0.1, -0.05) is 25.2 Å². The molecule has 1 saturated heterocycles. The Kier molecular flexibility index (Phi) is 4.08. The summed E-state index contributed by atoms with van der Waals surface area (Å²) in [7, 11) is 0. The van der Waals surface area contributed by atoms with Crippen molar-refractivity contribution >= 4 is 22.3 Å². The fourth-order valence-corrected chi connectivity index (χ4v) is 4.16. The standard InChI is InChI=1S/C15H23N3OS/c1-11(2)10-17-6-8-18(9-7-17)15-16-12-4-3-5-13(19)14(12)20-15/h11H,3-10H2,1-2H3. The van der Waals surface area contributed by atoms with Crippen molar-refractivity contribution in [1.82, 2.24) is 9.88 Å². The third-order valence-electron chi connectivity index (χ3n) is 4.02. The first-order valence-electron chi connectivity index (χ1n) is 7.63. The van der Waals surface area contributed by atoms with Gasteiger partial charge < -0.3 is 4.90 Å². The first-order chi connectivity index (χ1) is 9.63. The number of carbonyl (C=O) groups is 1. The van der Waals surface area contributed by atoms with Gasteiger partial charge in [0.1, 0.15) is 0 Å². The number of anilines is 1. The van der Waals surface area contributed by atoms with Gasteiger partial charge in [-0.3, -0.25) is 9.69 Å². The highest BCUT2D eigenvalue weighted by molar-refractivity contribution is 7.17. The zero-order valence-electron chi connectivity index (χ0n) is 12.4. The molecular weight excluding hydrogens is 270 g/mol. The number of carbonyl (C=O) groups excluding carboxylic acids is 1. The van der Waals surface area contributed by atoms with Crippen molar-refractivity contribution in [3.05, 3.63) is 10.6 Å². The van der Waals surface area contributed by atoms with Crippen LogP contribution in [0.1, 0.15) is 42.1 Å². The molecule has 0 spiro atoms. The number of aryl methyl sites for hydroxylation is 1. The van der Waals surface area contributed by atoms with Crippen LogP contribution in [0.5, 0.6) is 0 Å². The van der Waals surface area contributed by atoms with Crippen LogP contribution < -0.4 is 4.90 Å². The Balaban J connectivity index is 1.65. The van der Waals surface area contributed by atoms with Gasteiger partial charge in [0.25, 0.3) is 0 Å². The van der Waals surface area contributed by atoms with Gasteiger partial charge in [0.2, 0.25) is 0 Å². The summed E-state index contributed by atoms with van der Waals surface area (Å²) in [5.41, 5.74) is 1.05. The van der Waals surface area contributed by atoms with Gasteiger partial charge in [-0.25, -0.2) is 4.98 Å². The Morgan fingerprint density at radius 1 is 1.20 bits per heavy atom. The van der Waals surface area contributed by atoms with Crippen LogP contribution in [0.15, 0.2) is 0 Å². The fraction of sp³-hybridized carbons (Fsp3) is 0.733. The predicted octanol–water partition coefficient (Wildman–Crippen LogP) is 2.44. The molecule has 0 N–H and O–H groups in total. The smallest absolute Gasteiger partial charge is 0.186 e. The van der Waals surface area contributed by atoms with Crippen LogP contribution in [0.3, 0.4) is 0 Å². The number of piperazine rings is 1. The summed E-state index contributed by atoms with van der Waals surface area (Å²) < 4.78 is 0. The zero-order valence-corrected chi connectivity index (χ0v) is 13.2. The molecule has 110 valence electrons. The third-order valence-corrected chi connectivity index (χ3v) is 5.22. The van der Waals surface area contributed by atoms with E-state index < -0.39 is 0 Å². The van der Waals surface area contributed by atoms with Crippen LogP contribution in [-0.2, 0) is 6.42 Å². The highest BCUT2D eigenvalue weighted by atomic mass is 32.1. The molecule has 0 radical (unpaired) electrons. The molecule has 3 rings (SSSR count). The molecule has 1 aliphatic heterocycles. The van der Waals surface area contributed by atoms with Crippen molar-refractivity contribution in [2.45, 2.75) is 33.1 Å². The summed E-state index contributed by atoms with van der Waals surface area (Å²) in [6.07, 6.45) is 2.65. The normalized spacial score (nSPS) is 20.6. The second-order valence-electron chi connectivity index (χ2n) is 6.23.